The molecule has 0 fully saturated rings. The molecule has 2 aromatic carbocycles. The van der Waals surface area contributed by atoms with Gasteiger partial charge < -0.3 is 15.4 Å². The van der Waals surface area contributed by atoms with Gasteiger partial charge in [0.25, 0.3) is 11.8 Å². The van der Waals surface area contributed by atoms with Gasteiger partial charge in [0.1, 0.15) is 11.6 Å². The van der Waals surface area contributed by atoms with Gasteiger partial charge in [-0.15, -0.1) is 0 Å². The number of methoxy groups -OCH3 is 1. The fourth-order valence-corrected chi connectivity index (χ4v) is 8.32. The molecule has 23 heteroatoms. The van der Waals surface area contributed by atoms with E-state index in [0.717, 1.165) is 0 Å². The van der Waals surface area contributed by atoms with Crippen molar-refractivity contribution < 1.29 is 49.3 Å². The molecule has 67 heavy (non-hydrogen) atoms. The van der Waals surface area contributed by atoms with Crippen molar-refractivity contribution in [2.75, 3.05) is 12.9 Å². The van der Waals surface area contributed by atoms with Gasteiger partial charge in [-0.3, -0.25) is 28.9 Å². The zero-order valence-corrected chi connectivity index (χ0v) is 37.1. The standard InChI is InChI=1S/C24H22FN5O5S.C20H16FN5O4S/c1-15(16-7-9-27-22(11-16)36(33,34)10-8-23(31)35-2)29-24(32)20-12-26-14-21-19(20)13-28-30(21)18-5-3-17(25)4-6-18;1-12(13-6-7-23-19(8-13)31(28,29)30)25-20(27)17-9-22-11-18-16(17)10-24-26(18)15-4-2-14(21)3-5-15/h3-7,9,11-15H,8,10H2,1-2H3,(H,29,32);2-12H,1H3,(H,25,27)(H,28,29,30)/t15-;12-/m00/s1. The number of nitrogens with zero attached hydrogens (tertiary/aromatic N) is 8. The minimum atomic E-state index is -4.46. The molecule has 2 atom stereocenters. The quantitative estimate of drug-likeness (QED) is 0.0956. The molecule has 6 aromatic heterocycles. The molecular formula is C44H38F2N10O9S2. The Balaban J connectivity index is 0.000000201. The average molecular weight is 953 g/mol. The Bertz CT molecular complexity index is 3370. The van der Waals surface area contributed by atoms with Gasteiger partial charge in [0.2, 0.25) is 0 Å². The van der Waals surface area contributed by atoms with Crippen molar-refractivity contribution >= 4 is 59.5 Å². The molecule has 0 saturated carbocycles. The normalized spacial score (nSPS) is 12.4. The Morgan fingerprint density at radius 2 is 1.09 bits per heavy atom. The summed E-state index contributed by atoms with van der Waals surface area (Å²) in [6.07, 6.45) is 11.2. The maximum Gasteiger partial charge on any atom is 0.312 e. The molecule has 8 aromatic rings. The summed E-state index contributed by atoms with van der Waals surface area (Å²) in [4.78, 5) is 53.1. The lowest BCUT2D eigenvalue weighted by atomic mass is 10.1. The van der Waals surface area contributed by atoms with E-state index in [2.05, 4.69) is 45.5 Å². The molecule has 2 amide bonds. The van der Waals surface area contributed by atoms with Crippen molar-refractivity contribution in [3.8, 4) is 11.4 Å². The van der Waals surface area contributed by atoms with Crippen LogP contribution in [0.2, 0.25) is 0 Å². The molecule has 0 unspecified atom stereocenters. The molecule has 8 rings (SSSR count). The molecule has 0 aliphatic heterocycles. The third-order valence-corrected chi connectivity index (χ3v) is 12.6. The molecular weight excluding hydrogens is 915 g/mol. The first-order valence-electron chi connectivity index (χ1n) is 19.9. The first-order valence-corrected chi connectivity index (χ1v) is 23.0. The number of hydrogen-bond acceptors (Lipinski definition) is 14. The third kappa shape index (κ3) is 10.8. The van der Waals surface area contributed by atoms with E-state index in [9.17, 15) is 40.0 Å². The van der Waals surface area contributed by atoms with Crippen molar-refractivity contribution in [2.45, 2.75) is 42.4 Å². The first kappa shape index (κ1) is 47.1. The SMILES string of the molecule is COC(=O)CCS(=O)(=O)c1cc([C@H](C)NC(=O)c2cncc3c2cnn3-c2ccc(F)cc2)ccn1.C[C@H](NC(=O)c1cncc2c1cnn2-c1ccc(F)cc1)c1ccnc(S(=O)(=O)O)c1. The Kier molecular flexibility index (Phi) is 13.8. The number of halogens is 2. The summed E-state index contributed by atoms with van der Waals surface area (Å²) < 4.78 is 91.0. The second-order valence-electron chi connectivity index (χ2n) is 14.7. The number of ether oxygens (including phenoxy) is 1. The number of pyridine rings is 4. The fraction of sp³-hybridized carbons (Fsp3) is 0.159. The van der Waals surface area contributed by atoms with Crippen molar-refractivity contribution in [2.24, 2.45) is 0 Å². The van der Waals surface area contributed by atoms with Gasteiger partial charge in [-0.2, -0.15) is 18.6 Å². The number of benzene rings is 2. The van der Waals surface area contributed by atoms with Crippen LogP contribution in [-0.2, 0) is 29.5 Å². The molecule has 0 bridgehead atoms. The Labute approximate surface area is 380 Å². The highest BCUT2D eigenvalue weighted by molar-refractivity contribution is 7.91. The number of amides is 2. The van der Waals surface area contributed by atoms with Gasteiger partial charge >= 0.3 is 16.1 Å². The van der Waals surface area contributed by atoms with Gasteiger partial charge in [0.05, 0.1) is 89.7 Å². The second kappa shape index (κ2) is 19.7. The number of hydrogen-bond donors (Lipinski definition) is 3. The molecule has 0 aliphatic carbocycles. The predicted molar refractivity (Wildman–Crippen MR) is 236 cm³/mol. The highest BCUT2D eigenvalue weighted by Gasteiger charge is 2.23. The number of carbonyl (C=O) groups excluding carboxylic acids is 3. The lowest BCUT2D eigenvalue weighted by molar-refractivity contribution is -0.140. The predicted octanol–water partition coefficient (Wildman–Crippen LogP) is 5.47. The molecule has 0 saturated heterocycles. The third-order valence-electron chi connectivity index (χ3n) is 10.2. The molecule has 0 spiro atoms. The maximum atomic E-state index is 13.3. The van der Waals surface area contributed by atoms with Gasteiger partial charge in [0, 0.05) is 35.6 Å². The number of esters is 1. The summed E-state index contributed by atoms with van der Waals surface area (Å²) >= 11 is 0. The van der Waals surface area contributed by atoms with Gasteiger partial charge in [-0.25, -0.2) is 36.5 Å². The number of rotatable bonds is 13. The van der Waals surface area contributed by atoms with E-state index in [1.807, 2.05) is 0 Å². The smallest absolute Gasteiger partial charge is 0.312 e. The van der Waals surface area contributed by atoms with E-state index in [4.69, 9.17) is 4.55 Å². The van der Waals surface area contributed by atoms with Crippen LogP contribution < -0.4 is 10.6 Å². The molecule has 344 valence electrons. The molecule has 0 radical (unpaired) electrons. The van der Waals surface area contributed by atoms with E-state index in [1.54, 1.807) is 65.9 Å². The summed E-state index contributed by atoms with van der Waals surface area (Å²) in [5.74, 6) is -2.72. The van der Waals surface area contributed by atoms with Crippen LogP contribution in [0.15, 0.2) is 132 Å². The highest BCUT2D eigenvalue weighted by atomic mass is 32.2. The summed E-state index contributed by atoms with van der Waals surface area (Å²) in [6.45, 7) is 3.37. The summed E-state index contributed by atoms with van der Waals surface area (Å²) in [5.41, 5.74) is 3.83. The molecule has 19 nitrogen and oxygen atoms in total. The number of aromatic nitrogens is 8. The summed E-state index contributed by atoms with van der Waals surface area (Å²) in [5, 5.41) is 14.6. The zero-order chi connectivity index (χ0) is 48.0. The number of sulfone groups is 1. The van der Waals surface area contributed by atoms with Crippen LogP contribution in [0.3, 0.4) is 0 Å². The van der Waals surface area contributed by atoms with Crippen LogP contribution in [0.25, 0.3) is 33.2 Å². The largest absolute Gasteiger partial charge is 0.469 e. The summed E-state index contributed by atoms with van der Waals surface area (Å²) in [6, 6.07) is 16.0. The van der Waals surface area contributed by atoms with E-state index in [0.29, 0.717) is 44.3 Å². The monoisotopic (exact) mass is 952 g/mol. The first-order chi connectivity index (χ1) is 31.9. The highest BCUT2D eigenvalue weighted by Crippen LogP contribution is 2.25. The Hall–Kier alpha value is -7.89. The minimum absolute atomic E-state index is 0.200. The van der Waals surface area contributed by atoms with Crippen LogP contribution in [0, 0.1) is 11.6 Å². The van der Waals surface area contributed by atoms with Crippen LogP contribution in [0.1, 0.15) is 64.2 Å². The van der Waals surface area contributed by atoms with Crippen molar-refractivity contribution in [1.29, 1.82) is 0 Å². The summed E-state index contributed by atoms with van der Waals surface area (Å²) in [7, 11) is -7.11. The average Bonchev–Trinajstić information content (AvgIpc) is 3.96. The molecule has 0 aliphatic rings. The number of nitrogens with one attached hydrogen (secondary N) is 2. The zero-order valence-electron chi connectivity index (χ0n) is 35.5. The van der Waals surface area contributed by atoms with Gasteiger partial charge in [-0.05, 0) is 97.8 Å². The van der Waals surface area contributed by atoms with Crippen molar-refractivity contribution in [3.05, 3.63) is 156 Å². The Morgan fingerprint density at radius 3 is 1.52 bits per heavy atom. The van der Waals surface area contributed by atoms with E-state index in [-0.39, 0.29) is 34.2 Å². The van der Waals surface area contributed by atoms with Crippen LogP contribution in [0.4, 0.5) is 8.78 Å². The topological polar surface area (TPSA) is 260 Å². The van der Waals surface area contributed by atoms with Crippen LogP contribution in [-0.4, -0.2) is 91.5 Å². The number of carbonyl (C=O) groups is 3. The number of fused-ring (bicyclic) bond motifs is 2. The second-order valence-corrected chi connectivity index (χ2v) is 18.1. The maximum absolute atomic E-state index is 13.3. The van der Waals surface area contributed by atoms with Crippen LogP contribution in [0.5, 0.6) is 0 Å². The molecule has 3 N–H and O–H groups in total. The fourth-order valence-electron chi connectivity index (χ4n) is 6.66. The lowest BCUT2D eigenvalue weighted by Crippen LogP contribution is -2.27. The van der Waals surface area contributed by atoms with Gasteiger partial charge in [0.15, 0.2) is 19.9 Å². The van der Waals surface area contributed by atoms with E-state index >= 15 is 0 Å². The Morgan fingerprint density at radius 1 is 0.657 bits per heavy atom. The van der Waals surface area contributed by atoms with Gasteiger partial charge in [-0.1, -0.05) is 0 Å². The van der Waals surface area contributed by atoms with E-state index in [1.165, 1.54) is 86.8 Å². The van der Waals surface area contributed by atoms with Crippen molar-refractivity contribution in [1.82, 2.24) is 50.1 Å². The van der Waals surface area contributed by atoms with E-state index < -0.39 is 60.6 Å². The van der Waals surface area contributed by atoms with Crippen molar-refractivity contribution in [3.63, 3.8) is 0 Å². The van der Waals surface area contributed by atoms with Crippen LogP contribution >= 0.6 is 0 Å². The lowest BCUT2D eigenvalue weighted by Gasteiger charge is -2.15. The minimum Gasteiger partial charge on any atom is -0.469 e. The molecule has 6 heterocycles.